The van der Waals surface area contributed by atoms with Gasteiger partial charge in [0.15, 0.2) is 0 Å². The van der Waals surface area contributed by atoms with Gasteiger partial charge in [-0.25, -0.2) is 0 Å². The molecular weight excluding hydrogens is 355 g/mol. The van der Waals surface area contributed by atoms with E-state index in [4.69, 9.17) is 29.0 Å². The summed E-state index contributed by atoms with van der Waals surface area (Å²) < 4.78 is 1.05. The van der Waals surface area contributed by atoms with Crippen LogP contribution in [0.2, 0.25) is 10.0 Å². The zero-order chi connectivity index (χ0) is 13.1. The first-order valence-electron chi connectivity index (χ1n) is 5.24. The molecule has 0 aliphatic rings. The number of nitrogens with one attached hydrogen (secondary N) is 1. The lowest BCUT2D eigenvalue weighted by Gasteiger charge is -2.16. The smallest absolute Gasteiger partial charge is 0.0605 e. The van der Waals surface area contributed by atoms with Gasteiger partial charge in [-0.05, 0) is 57.6 Å². The normalized spacial score (nSPS) is 12.7. The van der Waals surface area contributed by atoms with E-state index in [2.05, 4.69) is 21.4 Å². The summed E-state index contributed by atoms with van der Waals surface area (Å²) in [6.45, 7) is 0. The highest BCUT2D eigenvalue weighted by molar-refractivity contribution is 9.10. The van der Waals surface area contributed by atoms with E-state index in [9.17, 15) is 0 Å². The van der Waals surface area contributed by atoms with Crippen molar-refractivity contribution in [2.24, 2.45) is 5.84 Å². The van der Waals surface area contributed by atoms with E-state index in [1.807, 2.05) is 17.5 Å². The Hall–Kier alpha value is -0.100. The molecule has 0 aliphatic heterocycles. The summed E-state index contributed by atoms with van der Waals surface area (Å²) in [5, 5.41) is 3.39. The van der Waals surface area contributed by atoms with Crippen LogP contribution in [0.15, 0.2) is 34.1 Å². The van der Waals surface area contributed by atoms with Crippen LogP contribution < -0.4 is 11.3 Å². The maximum atomic E-state index is 6.16. The highest BCUT2D eigenvalue weighted by Gasteiger charge is 2.16. The lowest BCUT2D eigenvalue weighted by atomic mass is 10.1. The predicted octanol–water partition coefficient (Wildman–Crippen LogP) is 4.56. The fraction of sp³-hybridized carbons (Fsp3) is 0.167. The van der Waals surface area contributed by atoms with E-state index in [0.717, 1.165) is 14.9 Å². The number of benzene rings is 1. The molecular formula is C12H11BrCl2N2S. The lowest BCUT2D eigenvalue weighted by molar-refractivity contribution is 0.559. The van der Waals surface area contributed by atoms with Crippen LogP contribution in [0.4, 0.5) is 0 Å². The average Bonchev–Trinajstić information content (AvgIpc) is 2.77. The van der Waals surface area contributed by atoms with Gasteiger partial charge in [-0.1, -0.05) is 23.2 Å². The van der Waals surface area contributed by atoms with Crippen molar-refractivity contribution >= 4 is 50.5 Å². The molecule has 0 saturated heterocycles. The van der Waals surface area contributed by atoms with Crippen LogP contribution in [0.5, 0.6) is 0 Å². The minimum Gasteiger partial charge on any atom is -0.271 e. The highest BCUT2D eigenvalue weighted by atomic mass is 79.9. The van der Waals surface area contributed by atoms with Crippen LogP contribution in [-0.2, 0) is 6.42 Å². The van der Waals surface area contributed by atoms with Crippen LogP contribution in [0.3, 0.4) is 0 Å². The second kappa shape index (κ2) is 6.37. The topological polar surface area (TPSA) is 38.0 Å². The minimum atomic E-state index is 0.00958. The molecule has 0 aliphatic carbocycles. The monoisotopic (exact) mass is 364 g/mol. The van der Waals surface area contributed by atoms with Crippen LogP contribution >= 0.6 is 50.5 Å². The third-order valence-electron chi connectivity index (χ3n) is 2.59. The van der Waals surface area contributed by atoms with Crippen molar-refractivity contribution in [1.82, 2.24) is 5.43 Å². The zero-order valence-electron chi connectivity index (χ0n) is 9.29. The Bertz CT molecular complexity index is 545. The molecule has 1 heterocycles. The molecule has 0 spiro atoms. The molecule has 6 heteroatoms. The standard InChI is InChI=1S/C12H11BrCl2N2S/c13-9-3-4-18-12(9)11(17-16)6-7-5-8(14)1-2-10(7)15/h1-5,11,17H,6,16H2. The van der Waals surface area contributed by atoms with E-state index in [1.54, 1.807) is 23.5 Å². The van der Waals surface area contributed by atoms with Gasteiger partial charge in [-0.2, -0.15) is 0 Å². The molecule has 0 fully saturated rings. The van der Waals surface area contributed by atoms with Gasteiger partial charge in [-0.15, -0.1) is 11.3 Å². The van der Waals surface area contributed by atoms with Gasteiger partial charge >= 0.3 is 0 Å². The Balaban J connectivity index is 2.26. The van der Waals surface area contributed by atoms with Gasteiger partial charge in [0.1, 0.15) is 0 Å². The summed E-state index contributed by atoms with van der Waals surface area (Å²) in [4.78, 5) is 1.15. The molecule has 1 aromatic heterocycles. The van der Waals surface area contributed by atoms with Crippen LogP contribution in [0.1, 0.15) is 16.5 Å². The Morgan fingerprint density at radius 3 is 2.72 bits per heavy atom. The van der Waals surface area contributed by atoms with Crippen molar-refractivity contribution in [2.45, 2.75) is 12.5 Å². The Morgan fingerprint density at radius 1 is 1.33 bits per heavy atom. The molecule has 0 bridgehead atoms. The maximum Gasteiger partial charge on any atom is 0.0605 e. The fourth-order valence-corrected chi connectivity index (χ4v) is 3.80. The van der Waals surface area contributed by atoms with E-state index in [1.165, 1.54) is 0 Å². The van der Waals surface area contributed by atoms with Crippen molar-refractivity contribution in [2.75, 3.05) is 0 Å². The van der Waals surface area contributed by atoms with Crippen molar-refractivity contribution in [3.8, 4) is 0 Å². The van der Waals surface area contributed by atoms with E-state index >= 15 is 0 Å². The Labute approximate surface area is 128 Å². The second-order valence-corrected chi connectivity index (χ2v) is 6.44. The summed E-state index contributed by atoms with van der Waals surface area (Å²) in [5.74, 6) is 5.63. The molecule has 0 saturated carbocycles. The number of thiophene rings is 1. The van der Waals surface area contributed by atoms with Crippen LogP contribution in [0.25, 0.3) is 0 Å². The first-order valence-corrected chi connectivity index (χ1v) is 7.67. The van der Waals surface area contributed by atoms with Gasteiger partial charge < -0.3 is 0 Å². The van der Waals surface area contributed by atoms with Crippen molar-refractivity contribution < 1.29 is 0 Å². The SMILES string of the molecule is NNC(Cc1cc(Cl)ccc1Cl)c1sccc1Br. The molecule has 1 atom stereocenters. The zero-order valence-corrected chi connectivity index (χ0v) is 13.2. The summed E-state index contributed by atoms with van der Waals surface area (Å²) in [6, 6.07) is 7.46. The van der Waals surface area contributed by atoms with Gasteiger partial charge in [-0.3, -0.25) is 11.3 Å². The van der Waals surface area contributed by atoms with Gasteiger partial charge in [0.25, 0.3) is 0 Å². The summed E-state index contributed by atoms with van der Waals surface area (Å²) >= 11 is 17.3. The predicted molar refractivity (Wildman–Crippen MR) is 82.2 cm³/mol. The number of hydrazine groups is 1. The molecule has 3 N–H and O–H groups in total. The molecule has 96 valence electrons. The number of hydrogen-bond donors (Lipinski definition) is 2. The summed E-state index contributed by atoms with van der Waals surface area (Å²) in [5.41, 5.74) is 3.80. The van der Waals surface area contributed by atoms with Crippen LogP contribution in [0, 0.1) is 0 Å². The maximum absolute atomic E-state index is 6.16. The number of rotatable bonds is 4. The number of nitrogens with two attached hydrogens (primary N) is 1. The third kappa shape index (κ3) is 3.26. The lowest BCUT2D eigenvalue weighted by Crippen LogP contribution is -2.29. The average molecular weight is 366 g/mol. The first-order chi connectivity index (χ1) is 8.61. The van der Waals surface area contributed by atoms with E-state index in [-0.39, 0.29) is 6.04 Å². The van der Waals surface area contributed by atoms with Crippen molar-refractivity contribution in [3.05, 3.63) is 54.6 Å². The molecule has 18 heavy (non-hydrogen) atoms. The molecule has 2 aromatic rings. The highest BCUT2D eigenvalue weighted by Crippen LogP contribution is 2.32. The molecule has 2 nitrogen and oxygen atoms in total. The summed E-state index contributed by atoms with van der Waals surface area (Å²) in [6.07, 6.45) is 0.689. The van der Waals surface area contributed by atoms with Gasteiger partial charge in [0.05, 0.1) is 6.04 Å². The largest absolute Gasteiger partial charge is 0.271 e. The third-order valence-corrected chi connectivity index (χ3v) is 5.18. The Kier molecular flexibility index (Phi) is 5.06. The second-order valence-electron chi connectivity index (χ2n) is 3.79. The van der Waals surface area contributed by atoms with Crippen molar-refractivity contribution in [1.29, 1.82) is 0 Å². The van der Waals surface area contributed by atoms with Crippen molar-refractivity contribution in [3.63, 3.8) is 0 Å². The molecule has 1 aromatic carbocycles. The van der Waals surface area contributed by atoms with E-state index in [0.29, 0.717) is 16.5 Å². The molecule has 2 rings (SSSR count). The van der Waals surface area contributed by atoms with Gasteiger partial charge in [0, 0.05) is 19.4 Å². The number of hydrogen-bond acceptors (Lipinski definition) is 3. The minimum absolute atomic E-state index is 0.00958. The fourth-order valence-electron chi connectivity index (χ4n) is 1.70. The summed E-state index contributed by atoms with van der Waals surface area (Å²) in [7, 11) is 0. The molecule has 1 unspecified atom stereocenters. The van der Waals surface area contributed by atoms with E-state index < -0.39 is 0 Å². The molecule has 0 radical (unpaired) electrons. The quantitative estimate of drug-likeness (QED) is 0.615. The number of halogens is 3. The van der Waals surface area contributed by atoms with Gasteiger partial charge in [0.2, 0.25) is 0 Å². The van der Waals surface area contributed by atoms with Crippen LogP contribution in [-0.4, -0.2) is 0 Å². The Morgan fingerprint density at radius 2 is 2.11 bits per heavy atom. The molecule has 0 amide bonds. The first kappa shape index (κ1) is 14.3.